The normalized spacial score (nSPS) is 10.3. The Hall–Kier alpha value is -1.40. The first-order chi connectivity index (χ1) is 9.49. The molecule has 0 aliphatic carbocycles. The first-order valence-electron chi connectivity index (χ1n) is 5.64. The molecule has 0 atom stereocenters. The van der Waals surface area contributed by atoms with E-state index in [0.717, 1.165) is 0 Å². The number of halogens is 3. The number of nitrogens with two attached hydrogens (primary N) is 1. The second-order valence-electron chi connectivity index (χ2n) is 4.02. The molecule has 0 unspecified atom stereocenters. The van der Waals surface area contributed by atoms with Crippen molar-refractivity contribution in [2.24, 2.45) is 0 Å². The molecule has 0 spiro atoms. The molecule has 2 aromatic rings. The fourth-order valence-corrected chi connectivity index (χ4v) is 2.33. The van der Waals surface area contributed by atoms with Crippen molar-refractivity contribution in [2.45, 2.75) is 6.61 Å². The van der Waals surface area contributed by atoms with E-state index in [1.54, 1.807) is 30.3 Å². The van der Waals surface area contributed by atoms with E-state index in [-0.39, 0.29) is 6.61 Å². The first kappa shape index (κ1) is 15.0. The Morgan fingerprint density at radius 3 is 2.70 bits per heavy atom. The summed E-state index contributed by atoms with van der Waals surface area (Å²) in [6.45, 7) is -0.140. The van der Waals surface area contributed by atoms with Crippen molar-refractivity contribution in [3.63, 3.8) is 0 Å². The minimum Gasteiger partial charge on any atom is -0.457 e. The smallest absolute Gasteiger partial charge is 0.339 e. The third-order valence-electron chi connectivity index (χ3n) is 2.62. The van der Waals surface area contributed by atoms with Gasteiger partial charge in [0.2, 0.25) is 0 Å². The zero-order chi connectivity index (χ0) is 14.7. The molecule has 0 aliphatic rings. The van der Waals surface area contributed by atoms with E-state index < -0.39 is 11.8 Å². The number of nitrogen functional groups attached to an aromatic ring is 1. The molecule has 0 amide bonds. The van der Waals surface area contributed by atoms with Gasteiger partial charge in [-0.25, -0.2) is 9.18 Å². The van der Waals surface area contributed by atoms with Gasteiger partial charge in [0.25, 0.3) is 0 Å². The van der Waals surface area contributed by atoms with Crippen LogP contribution in [0.1, 0.15) is 15.9 Å². The van der Waals surface area contributed by atoms with E-state index in [0.29, 0.717) is 25.8 Å². The highest BCUT2D eigenvalue weighted by molar-refractivity contribution is 9.11. The van der Waals surface area contributed by atoms with Crippen LogP contribution in [0.4, 0.5) is 10.1 Å². The van der Waals surface area contributed by atoms with Crippen molar-refractivity contribution in [1.82, 2.24) is 0 Å². The highest BCUT2D eigenvalue weighted by Gasteiger charge is 2.14. The monoisotopic (exact) mass is 401 g/mol. The summed E-state index contributed by atoms with van der Waals surface area (Å²) in [5.74, 6) is -0.995. The SMILES string of the molecule is Nc1cccc(C(=O)OCc2ccc(Br)cc2F)c1Br. The maximum Gasteiger partial charge on any atom is 0.339 e. The van der Waals surface area contributed by atoms with E-state index in [9.17, 15) is 9.18 Å². The molecule has 2 rings (SSSR count). The fraction of sp³-hybridized carbons (Fsp3) is 0.0714. The van der Waals surface area contributed by atoms with Crippen LogP contribution in [0.15, 0.2) is 45.3 Å². The average Bonchev–Trinajstić information content (AvgIpc) is 2.40. The lowest BCUT2D eigenvalue weighted by molar-refractivity contribution is 0.0468. The molecule has 0 heterocycles. The number of anilines is 1. The summed E-state index contributed by atoms with van der Waals surface area (Å²) in [4.78, 5) is 11.9. The predicted molar refractivity (Wildman–Crippen MR) is 81.8 cm³/mol. The lowest BCUT2D eigenvalue weighted by atomic mass is 10.2. The number of carbonyl (C=O) groups excluding carboxylic acids is 1. The van der Waals surface area contributed by atoms with Gasteiger partial charge in [-0.05, 0) is 40.2 Å². The highest BCUT2D eigenvalue weighted by atomic mass is 79.9. The van der Waals surface area contributed by atoms with Crippen LogP contribution in [0.5, 0.6) is 0 Å². The maximum atomic E-state index is 13.6. The molecule has 0 fully saturated rings. The fourth-order valence-electron chi connectivity index (χ4n) is 1.57. The van der Waals surface area contributed by atoms with E-state index in [1.807, 2.05) is 0 Å². The lowest BCUT2D eigenvalue weighted by Crippen LogP contribution is -2.08. The number of esters is 1. The van der Waals surface area contributed by atoms with Crippen LogP contribution in [0, 0.1) is 5.82 Å². The summed E-state index contributed by atoms with van der Waals surface area (Å²) in [6.07, 6.45) is 0. The number of benzene rings is 2. The van der Waals surface area contributed by atoms with E-state index in [4.69, 9.17) is 10.5 Å². The largest absolute Gasteiger partial charge is 0.457 e. The number of rotatable bonds is 3. The molecule has 0 bridgehead atoms. The minimum absolute atomic E-state index is 0.140. The van der Waals surface area contributed by atoms with Crippen LogP contribution in [0.25, 0.3) is 0 Å². The first-order valence-corrected chi connectivity index (χ1v) is 7.22. The van der Waals surface area contributed by atoms with Gasteiger partial charge in [-0.1, -0.05) is 28.1 Å². The van der Waals surface area contributed by atoms with Crippen LogP contribution < -0.4 is 5.73 Å². The van der Waals surface area contributed by atoms with Crippen molar-refractivity contribution < 1.29 is 13.9 Å². The van der Waals surface area contributed by atoms with Crippen LogP contribution in [0.3, 0.4) is 0 Å². The van der Waals surface area contributed by atoms with E-state index in [2.05, 4.69) is 31.9 Å². The molecule has 0 aliphatic heterocycles. The van der Waals surface area contributed by atoms with Gasteiger partial charge >= 0.3 is 5.97 Å². The number of ether oxygens (including phenoxy) is 1. The Morgan fingerprint density at radius 1 is 1.25 bits per heavy atom. The number of hydrogen-bond donors (Lipinski definition) is 1. The predicted octanol–water partition coefficient (Wildman–Crippen LogP) is 4.29. The topological polar surface area (TPSA) is 52.3 Å². The Kier molecular flexibility index (Phi) is 4.77. The van der Waals surface area contributed by atoms with Gasteiger partial charge in [-0.3, -0.25) is 0 Å². The highest BCUT2D eigenvalue weighted by Crippen LogP contribution is 2.25. The molecule has 3 nitrogen and oxygen atoms in total. The molecule has 20 heavy (non-hydrogen) atoms. The summed E-state index contributed by atoms with van der Waals surface area (Å²) in [6, 6.07) is 9.45. The van der Waals surface area contributed by atoms with Crippen LogP contribution >= 0.6 is 31.9 Å². The van der Waals surface area contributed by atoms with Crippen molar-refractivity contribution in [2.75, 3.05) is 5.73 Å². The van der Waals surface area contributed by atoms with Gasteiger partial charge in [0.1, 0.15) is 12.4 Å². The Bertz CT molecular complexity index is 662. The average molecular weight is 403 g/mol. The van der Waals surface area contributed by atoms with E-state index in [1.165, 1.54) is 6.07 Å². The molecule has 0 saturated carbocycles. The molecule has 0 radical (unpaired) electrons. The van der Waals surface area contributed by atoms with Crippen molar-refractivity contribution in [3.8, 4) is 0 Å². The van der Waals surface area contributed by atoms with Gasteiger partial charge in [0.05, 0.1) is 10.0 Å². The maximum absolute atomic E-state index is 13.6. The standard InChI is InChI=1S/C14H10Br2FNO2/c15-9-5-4-8(11(17)6-9)7-20-14(19)10-2-1-3-12(18)13(10)16/h1-6H,7,18H2. The summed E-state index contributed by atoms with van der Waals surface area (Å²) in [5, 5.41) is 0. The molecule has 0 saturated heterocycles. The quantitative estimate of drug-likeness (QED) is 0.615. The lowest BCUT2D eigenvalue weighted by Gasteiger charge is -2.08. The zero-order valence-electron chi connectivity index (χ0n) is 10.2. The second kappa shape index (κ2) is 6.37. The summed E-state index contributed by atoms with van der Waals surface area (Å²) in [5.41, 5.74) is 6.74. The third kappa shape index (κ3) is 3.37. The van der Waals surface area contributed by atoms with Gasteiger partial charge in [-0.2, -0.15) is 0 Å². The summed E-state index contributed by atoms with van der Waals surface area (Å²) >= 11 is 6.39. The minimum atomic E-state index is -0.563. The van der Waals surface area contributed by atoms with Crippen molar-refractivity contribution >= 4 is 43.5 Å². The summed E-state index contributed by atoms with van der Waals surface area (Å²) in [7, 11) is 0. The van der Waals surface area contributed by atoms with Crippen LogP contribution in [-0.4, -0.2) is 5.97 Å². The van der Waals surface area contributed by atoms with E-state index >= 15 is 0 Å². The summed E-state index contributed by atoms with van der Waals surface area (Å²) < 4.78 is 19.8. The van der Waals surface area contributed by atoms with Crippen LogP contribution in [-0.2, 0) is 11.3 Å². The third-order valence-corrected chi connectivity index (χ3v) is 4.00. The Labute approximate surface area is 132 Å². The molecule has 0 aromatic heterocycles. The molecule has 2 aromatic carbocycles. The van der Waals surface area contributed by atoms with Gasteiger partial charge < -0.3 is 10.5 Å². The van der Waals surface area contributed by atoms with Gasteiger partial charge in [0, 0.05) is 15.7 Å². The molecular weight excluding hydrogens is 393 g/mol. The van der Waals surface area contributed by atoms with Gasteiger partial charge in [0.15, 0.2) is 0 Å². The second-order valence-corrected chi connectivity index (χ2v) is 5.73. The van der Waals surface area contributed by atoms with Gasteiger partial charge in [-0.15, -0.1) is 0 Å². The number of hydrogen-bond acceptors (Lipinski definition) is 3. The molecule has 104 valence electrons. The molecule has 6 heteroatoms. The Balaban J connectivity index is 2.11. The van der Waals surface area contributed by atoms with Crippen molar-refractivity contribution in [1.29, 1.82) is 0 Å². The number of carbonyl (C=O) groups is 1. The van der Waals surface area contributed by atoms with Crippen molar-refractivity contribution in [3.05, 3.63) is 62.3 Å². The van der Waals surface area contributed by atoms with Crippen LogP contribution in [0.2, 0.25) is 0 Å². The Morgan fingerprint density at radius 2 is 2.00 bits per heavy atom. The molecule has 2 N–H and O–H groups in total. The molecular formula is C14H10Br2FNO2. The zero-order valence-corrected chi connectivity index (χ0v) is 13.4.